The first-order chi connectivity index (χ1) is 9.52. The van der Waals surface area contributed by atoms with Gasteiger partial charge in [-0.2, -0.15) is 0 Å². The average molecular weight is 377 g/mol. The van der Waals surface area contributed by atoms with Crippen LogP contribution in [0.15, 0.2) is 28.1 Å². The molecule has 0 aliphatic rings. The molecule has 1 unspecified atom stereocenters. The summed E-state index contributed by atoms with van der Waals surface area (Å²) < 4.78 is 15.2. The van der Waals surface area contributed by atoms with Gasteiger partial charge in [0.15, 0.2) is 0 Å². The molecule has 0 aliphatic carbocycles. The second-order valence-electron chi connectivity index (χ2n) is 4.62. The quantitative estimate of drug-likeness (QED) is 0.705. The molecule has 0 saturated heterocycles. The van der Waals surface area contributed by atoms with Crippen LogP contribution in [0.1, 0.15) is 35.4 Å². The zero-order valence-electron chi connectivity index (χ0n) is 11.3. The third-order valence-corrected chi connectivity index (χ3v) is 4.91. The highest BCUT2D eigenvalue weighted by atomic mass is 79.9. The van der Waals surface area contributed by atoms with Crippen LogP contribution in [0.2, 0.25) is 5.02 Å². The van der Waals surface area contributed by atoms with Crippen molar-refractivity contribution in [3.63, 3.8) is 0 Å². The Balaban J connectivity index is 2.46. The maximum atomic E-state index is 14.2. The maximum Gasteiger partial charge on any atom is 0.128 e. The van der Waals surface area contributed by atoms with E-state index in [9.17, 15) is 4.39 Å². The third kappa shape index (κ3) is 3.61. The molecule has 1 atom stereocenters. The van der Waals surface area contributed by atoms with E-state index < -0.39 is 0 Å². The maximum absolute atomic E-state index is 14.2. The van der Waals surface area contributed by atoms with Gasteiger partial charge in [0.2, 0.25) is 0 Å². The number of rotatable bonds is 5. The second-order valence-corrected chi connectivity index (χ2v) is 7.69. The summed E-state index contributed by atoms with van der Waals surface area (Å²) in [4.78, 5) is 1.17. The lowest BCUT2D eigenvalue weighted by molar-refractivity contribution is 0.546. The summed E-state index contributed by atoms with van der Waals surface area (Å²) in [6, 6.07) is 6.59. The summed E-state index contributed by atoms with van der Waals surface area (Å²) in [5.74, 6) is -0.232. The number of thiophene rings is 1. The van der Waals surface area contributed by atoms with E-state index in [4.69, 9.17) is 11.6 Å². The lowest BCUT2D eigenvalue weighted by Crippen LogP contribution is -2.24. The highest BCUT2D eigenvalue weighted by Crippen LogP contribution is 2.35. The van der Waals surface area contributed by atoms with Gasteiger partial charge in [0.25, 0.3) is 0 Å². The molecule has 0 radical (unpaired) electrons. The molecule has 0 amide bonds. The molecule has 2 rings (SSSR count). The minimum atomic E-state index is -0.232. The van der Waals surface area contributed by atoms with Crippen molar-refractivity contribution in [1.82, 2.24) is 5.32 Å². The molecule has 1 aromatic carbocycles. The first-order valence-electron chi connectivity index (χ1n) is 6.47. The lowest BCUT2D eigenvalue weighted by atomic mass is 9.98. The SMILES string of the molecule is CCCNC(c1cc(Cl)ccc1F)c1cc(Br)sc1C. The van der Waals surface area contributed by atoms with Gasteiger partial charge in [0.1, 0.15) is 5.82 Å². The second kappa shape index (κ2) is 7.03. The average Bonchev–Trinajstić information content (AvgIpc) is 2.73. The molecule has 0 fully saturated rings. The molecule has 20 heavy (non-hydrogen) atoms. The van der Waals surface area contributed by atoms with Crippen molar-refractivity contribution < 1.29 is 4.39 Å². The number of nitrogens with one attached hydrogen (secondary N) is 1. The van der Waals surface area contributed by atoms with Gasteiger partial charge < -0.3 is 5.32 Å². The van der Waals surface area contributed by atoms with Crippen molar-refractivity contribution in [3.05, 3.63) is 54.9 Å². The number of halogens is 3. The first kappa shape index (κ1) is 16.0. The van der Waals surface area contributed by atoms with Gasteiger partial charge >= 0.3 is 0 Å². The van der Waals surface area contributed by atoms with Gasteiger partial charge in [0.05, 0.1) is 9.83 Å². The van der Waals surface area contributed by atoms with E-state index in [2.05, 4.69) is 28.2 Å². The molecule has 0 aliphatic heterocycles. The number of hydrogen-bond acceptors (Lipinski definition) is 2. The molecule has 1 aromatic heterocycles. The summed E-state index contributed by atoms with van der Waals surface area (Å²) in [5.41, 5.74) is 1.69. The highest BCUT2D eigenvalue weighted by molar-refractivity contribution is 9.11. The van der Waals surface area contributed by atoms with Gasteiger partial charge in [-0.1, -0.05) is 18.5 Å². The van der Waals surface area contributed by atoms with Crippen molar-refractivity contribution in [3.8, 4) is 0 Å². The van der Waals surface area contributed by atoms with E-state index in [0.717, 1.165) is 22.3 Å². The van der Waals surface area contributed by atoms with Gasteiger partial charge in [-0.3, -0.25) is 0 Å². The summed E-state index contributed by atoms with van der Waals surface area (Å²) in [5, 5.41) is 3.96. The van der Waals surface area contributed by atoms with E-state index in [1.54, 1.807) is 23.5 Å². The summed E-state index contributed by atoms with van der Waals surface area (Å²) in [7, 11) is 0. The zero-order chi connectivity index (χ0) is 14.7. The normalized spacial score (nSPS) is 12.7. The van der Waals surface area contributed by atoms with Crippen LogP contribution in [0.5, 0.6) is 0 Å². The predicted molar refractivity (Wildman–Crippen MR) is 88.3 cm³/mol. The Bertz CT molecular complexity index is 600. The summed E-state index contributed by atoms with van der Waals surface area (Å²) in [6.45, 7) is 4.96. The molecule has 0 bridgehead atoms. The topological polar surface area (TPSA) is 12.0 Å². The Kier molecular flexibility index (Phi) is 5.61. The first-order valence-corrected chi connectivity index (χ1v) is 8.45. The van der Waals surface area contributed by atoms with Crippen molar-refractivity contribution in [1.29, 1.82) is 0 Å². The van der Waals surface area contributed by atoms with Gasteiger partial charge in [-0.25, -0.2) is 4.39 Å². The fourth-order valence-corrected chi connectivity index (χ4v) is 4.09. The van der Waals surface area contributed by atoms with Crippen LogP contribution in [0.3, 0.4) is 0 Å². The number of hydrogen-bond donors (Lipinski definition) is 1. The minimum absolute atomic E-state index is 0.170. The molecule has 5 heteroatoms. The predicted octanol–water partition coefficient (Wildman–Crippen LogP) is 5.70. The van der Waals surface area contributed by atoms with Gasteiger partial charge in [-0.05, 0) is 65.6 Å². The molecule has 108 valence electrons. The molecule has 1 N–H and O–H groups in total. The Labute approximate surface area is 136 Å². The Morgan fingerprint density at radius 3 is 2.70 bits per heavy atom. The van der Waals surface area contributed by atoms with Crippen molar-refractivity contribution >= 4 is 38.9 Å². The summed E-state index contributed by atoms with van der Waals surface area (Å²) >= 11 is 11.2. The monoisotopic (exact) mass is 375 g/mol. The largest absolute Gasteiger partial charge is 0.306 e. The van der Waals surface area contributed by atoms with Crippen LogP contribution in [0.25, 0.3) is 0 Å². The Morgan fingerprint density at radius 2 is 2.10 bits per heavy atom. The fourth-order valence-electron chi connectivity index (χ4n) is 2.16. The smallest absolute Gasteiger partial charge is 0.128 e. The van der Waals surface area contributed by atoms with Crippen molar-refractivity contribution in [2.45, 2.75) is 26.3 Å². The Hall–Kier alpha value is -0.420. The molecular weight excluding hydrogens is 361 g/mol. The fraction of sp³-hybridized carbons (Fsp3) is 0.333. The lowest BCUT2D eigenvalue weighted by Gasteiger charge is -2.20. The zero-order valence-corrected chi connectivity index (χ0v) is 14.5. The van der Waals surface area contributed by atoms with Crippen LogP contribution >= 0.6 is 38.9 Å². The van der Waals surface area contributed by atoms with Gasteiger partial charge in [-0.15, -0.1) is 11.3 Å². The minimum Gasteiger partial charge on any atom is -0.306 e. The van der Waals surface area contributed by atoms with Crippen molar-refractivity contribution in [2.75, 3.05) is 6.54 Å². The molecule has 1 nitrogen and oxygen atoms in total. The van der Waals surface area contributed by atoms with E-state index in [1.807, 2.05) is 13.0 Å². The van der Waals surface area contributed by atoms with E-state index in [1.165, 1.54) is 10.9 Å². The molecule has 1 heterocycles. The molecule has 2 aromatic rings. The number of aryl methyl sites for hydroxylation is 1. The standard InChI is InChI=1S/C15H16BrClFNS/c1-3-6-19-15(11-8-14(16)20-9(11)2)12-7-10(17)4-5-13(12)18/h4-5,7-8,15,19H,3,6H2,1-2H3. The highest BCUT2D eigenvalue weighted by Gasteiger charge is 2.21. The van der Waals surface area contributed by atoms with Crippen LogP contribution in [-0.2, 0) is 0 Å². The third-order valence-electron chi connectivity index (χ3n) is 3.10. The molecule has 0 saturated carbocycles. The number of benzene rings is 1. The molecular formula is C15H16BrClFNS. The van der Waals surface area contributed by atoms with Crippen LogP contribution in [0, 0.1) is 12.7 Å². The van der Waals surface area contributed by atoms with Crippen LogP contribution in [0.4, 0.5) is 4.39 Å². The Morgan fingerprint density at radius 1 is 1.35 bits per heavy atom. The van der Waals surface area contributed by atoms with E-state index >= 15 is 0 Å². The van der Waals surface area contributed by atoms with Crippen LogP contribution in [-0.4, -0.2) is 6.54 Å². The van der Waals surface area contributed by atoms with E-state index in [-0.39, 0.29) is 11.9 Å². The van der Waals surface area contributed by atoms with Crippen LogP contribution < -0.4 is 5.32 Å². The van der Waals surface area contributed by atoms with E-state index in [0.29, 0.717) is 10.6 Å². The van der Waals surface area contributed by atoms with Gasteiger partial charge in [0, 0.05) is 15.5 Å². The van der Waals surface area contributed by atoms with Crippen molar-refractivity contribution in [2.24, 2.45) is 0 Å². The molecule has 0 spiro atoms. The summed E-state index contributed by atoms with van der Waals surface area (Å²) in [6.07, 6.45) is 0.989.